The van der Waals surface area contributed by atoms with E-state index < -0.39 is 23.1 Å². The third kappa shape index (κ3) is 5.84. The number of aromatic amines is 2. The maximum atomic E-state index is 13.5. The highest BCUT2D eigenvalue weighted by Crippen LogP contribution is 2.50. The van der Waals surface area contributed by atoms with Crippen molar-refractivity contribution in [2.75, 3.05) is 38.5 Å². The number of rotatable bonds is 8. The van der Waals surface area contributed by atoms with E-state index in [0.29, 0.717) is 63.5 Å². The van der Waals surface area contributed by atoms with Crippen molar-refractivity contribution in [2.24, 2.45) is 0 Å². The third-order valence-corrected chi connectivity index (χ3v) is 7.36. The van der Waals surface area contributed by atoms with Crippen molar-refractivity contribution in [1.29, 1.82) is 0 Å². The molecule has 0 fully saturated rings. The standard InChI is InChI=1S/C31H31N5O8/c1-15(37)33-20-8-5-16-11-25(42-2)28(43-3)29(44-4)27(16)18-7-10-22(24(38)13-19(18)20)32-14-26(39)34-17-6-9-21-23(12-17)36-31(41)30(40)35-21/h6-7,9-13,20H,5,8,14H2,1-4H3,(H,32,38)(H,33,37)(H,34,39)(H,35,40)(H,36,41)/t20-/m1/s1. The molecule has 0 saturated carbocycles. The highest BCUT2D eigenvalue weighted by molar-refractivity contribution is 5.95. The number of aryl methyl sites for hydroxylation is 1. The van der Waals surface area contributed by atoms with Gasteiger partial charge in [-0.15, -0.1) is 0 Å². The molecule has 44 heavy (non-hydrogen) atoms. The van der Waals surface area contributed by atoms with Gasteiger partial charge < -0.3 is 40.1 Å². The molecular weight excluding hydrogens is 570 g/mol. The molecule has 1 aromatic heterocycles. The predicted molar refractivity (Wildman–Crippen MR) is 165 cm³/mol. The van der Waals surface area contributed by atoms with Gasteiger partial charge in [0.2, 0.25) is 23.0 Å². The van der Waals surface area contributed by atoms with Crippen LogP contribution < -0.4 is 46.7 Å². The summed E-state index contributed by atoms with van der Waals surface area (Å²) in [6, 6.07) is 10.8. The van der Waals surface area contributed by atoms with Gasteiger partial charge in [0.15, 0.2) is 11.5 Å². The van der Waals surface area contributed by atoms with Crippen LogP contribution in [-0.2, 0) is 16.0 Å². The van der Waals surface area contributed by atoms with E-state index in [4.69, 9.17) is 14.2 Å². The van der Waals surface area contributed by atoms with Gasteiger partial charge in [0.25, 0.3) is 0 Å². The van der Waals surface area contributed by atoms with Crippen LogP contribution in [-0.4, -0.2) is 49.7 Å². The maximum Gasteiger partial charge on any atom is 0.314 e. The van der Waals surface area contributed by atoms with Gasteiger partial charge in [-0.05, 0) is 65.9 Å². The first-order chi connectivity index (χ1) is 21.1. The van der Waals surface area contributed by atoms with Gasteiger partial charge in [0.05, 0.1) is 50.6 Å². The fraction of sp³-hybridized carbons (Fsp3) is 0.258. The van der Waals surface area contributed by atoms with Crippen molar-refractivity contribution < 1.29 is 23.8 Å². The molecule has 0 radical (unpaired) electrons. The molecule has 0 aliphatic heterocycles. The molecule has 1 heterocycles. The van der Waals surface area contributed by atoms with Crippen molar-refractivity contribution in [3.05, 3.63) is 84.5 Å². The Morgan fingerprint density at radius 1 is 0.886 bits per heavy atom. The summed E-state index contributed by atoms with van der Waals surface area (Å²) in [6.45, 7) is 1.17. The lowest BCUT2D eigenvalue weighted by Crippen LogP contribution is -2.29. The zero-order chi connectivity index (χ0) is 31.5. The van der Waals surface area contributed by atoms with Crippen LogP contribution in [0.15, 0.2) is 56.8 Å². The van der Waals surface area contributed by atoms with E-state index in [1.165, 1.54) is 40.4 Å². The Balaban J connectivity index is 1.49. The molecule has 13 heteroatoms. The monoisotopic (exact) mass is 601 g/mol. The Morgan fingerprint density at radius 3 is 2.30 bits per heavy atom. The number of hydrogen-bond donors (Lipinski definition) is 5. The minimum atomic E-state index is -0.806. The van der Waals surface area contributed by atoms with Gasteiger partial charge in [0, 0.05) is 18.2 Å². The van der Waals surface area contributed by atoms with Crippen LogP contribution in [0.25, 0.3) is 22.2 Å². The summed E-state index contributed by atoms with van der Waals surface area (Å²) in [7, 11) is 4.57. The molecule has 4 aromatic rings. The Hall–Kier alpha value is -5.59. The van der Waals surface area contributed by atoms with Gasteiger partial charge in [-0.1, -0.05) is 6.07 Å². The van der Waals surface area contributed by atoms with Crippen LogP contribution in [0.1, 0.15) is 30.5 Å². The second kappa shape index (κ2) is 12.3. The van der Waals surface area contributed by atoms with E-state index >= 15 is 0 Å². The number of aromatic nitrogens is 2. The van der Waals surface area contributed by atoms with E-state index in [9.17, 15) is 24.0 Å². The number of benzene rings is 2. The molecule has 228 valence electrons. The summed E-state index contributed by atoms with van der Waals surface area (Å²) >= 11 is 0. The van der Waals surface area contributed by atoms with Crippen LogP contribution >= 0.6 is 0 Å². The molecule has 1 atom stereocenters. The number of nitrogens with one attached hydrogen (secondary N) is 5. The van der Waals surface area contributed by atoms with Crippen molar-refractivity contribution in [3.63, 3.8) is 0 Å². The first-order valence-corrected chi connectivity index (χ1v) is 13.7. The van der Waals surface area contributed by atoms with E-state index in [1.807, 2.05) is 6.07 Å². The number of amides is 2. The van der Waals surface area contributed by atoms with Crippen molar-refractivity contribution in [2.45, 2.75) is 25.8 Å². The van der Waals surface area contributed by atoms with Crippen molar-refractivity contribution in [3.8, 4) is 28.4 Å². The normalized spacial score (nSPS) is 13.6. The van der Waals surface area contributed by atoms with Crippen molar-refractivity contribution in [1.82, 2.24) is 15.3 Å². The maximum absolute atomic E-state index is 13.5. The highest BCUT2D eigenvalue weighted by atomic mass is 16.5. The molecule has 0 spiro atoms. The number of ether oxygens (including phenoxy) is 3. The quantitative estimate of drug-likeness (QED) is 0.190. The number of anilines is 2. The molecule has 1 aliphatic carbocycles. The lowest BCUT2D eigenvalue weighted by molar-refractivity contribution is -0.119. The van der Waals surface area contributed by atoms with Crippen LogP contribution in [0.3, 0.4) is 0 Å². The molecule has 13 nitrogen and oxygen atoms in total. The summed E-state index contributed by atoms with van der Waals surface area (Å²) < 4.78 is 17.0. The topological polar surface area (TPSA) is 181 Å². The van der Waals surface area contributed by atoms with E-state index in [2.05, 4.69) is 25.9 Å². The number of H-pyrrole nitrogens is 2. The number of methoxy groups -OCH3 is 3. The van der Waals surface area contributed by atoms with Gasteiger partial charge in [-0.2, -0.15) is 0 Å². The molecule has 0 saturated heterocycles. The minimum Gasteiger partial charge on any atom is -0.493 e. The molecule has 5 N–H and O–H groups in total. The zero-order valence-corrected chi connectivity index (χ0v) is 24.5. The summed E-state index contributed by atoms with van der Waals surface area (Å²) in [6.07, 6.45) is 1.07. The summed E-state index contributed by atoms with van der Waals surface area (Å²) in [5.41, 5.74) is 2.19. The van der Waals surface area contributed by atoms with Crippen LogP contribution in [0.5, 0.6) is 17.2 Å². The SMILES string of the molecule is COc1cc2c(c(OC)c1OC)-c1ccc(NCC(=O)Nc3ccc4[nH]c(=O)c(=O)[nH]c4c3)c(=O)cc1[C@H](NC(C)=O)CC2. The first kappa shape index (κ1) is 29.9. The average Bonchev–Trinajstić information content (AvgIpc) is 3.23. The van der Waals surface area contributed by atoms with Crippen molar-refractivity contribution >= 4 is 34.2 Å². The minimum absolute atomic E-state index is 0.163. The first-order valence-electron chi connectivity index (χ1n) is 13.7. The van der Waals surface area contributed by atoms with Gasteiger partial charge in [0.1, 0.15) is 0 Å². The predicted octanol–water partition coefficient (Wildman–Crippen LogP) is 2.44. The molecule has 1 aliphatic rings. The van der Waals surface area contributed by atoms with Gasteiger partial charge in [-0.25, -0.2) is 0 Å². The second-order valence-electron chi connectivity index (χ2n) is 10.2. The fourth-order valence-corrected chi connectivity index (χ4v) is 5.43. The highest BCUT2D eigenvalue weighted by Gasteiger charge is 2.29. The third-order valence-electron chi connectivity index (χ3n) is 7.36. The zero-order valence-electron chi connectivity index (χ0n) is 24.5. The van der Waals surface area contributed by atoms with E-state index in [1.54, 1.807) is 24.3 Å². The smallest absolute Gasteiger partial charge is 0.314 e. The summed E-state index contributed by atoms with van der Waals surface area (Å²) in [5, 5.41) is 8.56. The number of fused-ring (bicyclic) bond motifs is 4. The Morgan fingerprint density at radius 2 is 1.61 bits per heavy atom. The molecular formula is C31H31N5O8. The Bertz CT molecular complexity index is 1970. The summed E-state index contributed by atoms with van der Waals surface area (Å²) in [5.74, 6) is 0.619. The Labute approximate surface area is 250 Å². The van der Waals surface area contributed by atoms with Crippen LogP contribution in [0, 0.1) is 0 Å². The molecule has 0 unspecified atom stereocenters. The van der Waals surface area contributed by atoms with E-state index in [0.717, 1.165) is 5.56 Å². The lowest BCUT2D eigenvalue weighted by atomic mass is 9.95. The second-order valence-corrected chi connectivity index (χ2v) is 10.2. The Kier molecular flexibility index (Phi) is 8.38. The van der Waals surface area contributed by atoms with Crippen LogP contribution in [0.4, 0.5) is 11.4 Å². The molecule has 3 aromatic carbocycles. The fourth-order valence-electron chi connectivity index (χ4n) is 5.43. The van der Waals surface area contributed by atoms with Gasteiger partial charge >= 0.3 is 11.1 Å². The number of carbonyl (C=O) groups excluding carboxylic acids is 2. The molecule has 2 amide bonds. The number of hydrogen-bond acceptors (Lipinski definition) is 9. The van der Waals surface area contributed by atoms with Crippen LogP contribution in [0.2, 0.25) is 0 Å². The molecule has 0 bridgehead atoms. The molecule has 5 rings (SSSR count). The summed E-state index contributed by atoms with van der Waals surface area (Å²) in [4.78, 5) is 66.5. The average molecular weight is 602 g/mol. The van der Waals surface area contributed by atoms with E-state index in [-0.39, 0.29) is 23.6 Å². The largest absolute Gasteiger partial charge is 0.493 e. The lowest BCUT2D eigenvalue weighted by Gasteiger charge is -2.19. The van der Waals surface area contributed by atoms with Gasteiger partial charge in [-0.3, -0.25) is 24.0 Å². The number of carbonyl (C=O) groups is 2.